The number of benzene rings is 1. The maximum Gasteiger partial charge on any atom is 0.0380 e. The molecular weight excluding hydrogens is 312 g/mol. The van der Waals surface area contributed by atoms with Gasteiger partial charge in [-0.3, -0.25) is 0 Å². The van der Waals surface area contributed by atoms with E-state index < -0.39 is 0 Å². The molecule has 0 amide bonds. The molecule has 1 N–H and O–H groups in total. The summed E-state index contributed by atoms with van der Waals surface area (Å²) < 4.78 is 1.20. The van der Waals surface area contributed by atoms with Crippen molar-refractivity contribution in [3.63, 3.8) is 0 Å². The molecule has 1 saturated heterocycles. The summed E-state index contributed by atoms with van der Waals surface area (Å²) in [5.41, 5.74) is 2.66. The second-order valence-electron chi connectivity index (χ2n) is 6.43. The van der Waals surface area contributed by atoms with Crippen LogP contribution in [0.3, 0.4) is 0 Å². The summed E-state index contributed by atoms with van der Waals surface area (Å²) in [6, 6.07) is 7.79. The van der Waals surface area contributed by atoms with Crippen molar-refractivity contribution in [3.05, 3.63) is 28.2 Å². The second-order valence-corrected chi connectivity index (χ2v) is 7.28. The second kappa shape index (κ2) is 6.48. The van der Waals surface area contributed by atoms with Gasteiger partial charge in [0.15, 0.2) is 0 Å². The summed E-state index contributed by atoms with van der Waals surface area (Å²) in [5.74, 6) is 1.53. The van der Waals surface area contributed by atoms with Crippen LogP contribution >= 0.6 is 15.9 Å². The Bertz CT molecular complexity index is 460. The third kappa shape index (κ3) is 3.20. The first-order valence-corrected chi connectivity index (χ1v) is 8.46. The molecule has 4 unspecified atom stereocenters. The number of nitrogens with zero attached hydrogens (tertiary/aromatic N) is 1. The first kappa shape index (κ1) is 15.8. The Morgan fingerprint density at radius 1 is 1.30 bits per heavy atom. The van der Waals surface area contributed by atoms with E-state index in [0.29, 0.717) is 12.1 Å². The predicted octanol–water partition coefficient (Wildman–Crippen LogP) is 4.60. The van der Waals surface area contributed by atoms with Crippen LogP contribution in [0.2, 0.25) is 0 Å². The third-order valence-corrected chi connectivity index (χ3v) is 5.50. The summed E-state index contributed by atoms with van der Waals surface area (Å²) in [5, 5.41) is 3.30. The maximum absolute atomic E-state index is 3.74. The molecule has 1 aromatic carbocycles. The fraction of sp³-hybridized carbons (Fsp3) is 0.647. The van der Waals surface area contributed by atoms with Gasteiger partial charge in [-0.25, -0.2) is 0 Å². The predicted molar refractivity (Wildman–Crippen MR) is 91.4 cm³/mol. The van der Waals surface area contributed by atoms with Crippen LogP contribution in [-0.4, -0.2) is 19.6 Å². The van der Waals surface area contributed by atoms with Crippen LogP contribution in [0, 0.1) is 11.8 Å². The lowest BCUT2D eigenvalue weighted by Crippen LogP contribution is -2.45. The highest BCUT2D eigenvalue weighted by atomic mass is 79.9. The smallest absolute Gasteiger partial charge is 0.0380 e. The van der Waals surface area contributed by atoms with Gasteiger partial charge in [0.1, 0.15) is 0 Å². The summed E-state index contributed by atoms with van der Waals surface area (Å²) in [7, 11) is 2.00. The fourth-order valence-corrected chi connectivity index (χ4v) is 3.97. The van der Waals surface area contributed by atoms with Gasteiger partial charge in [-0.2, -0.15) is 0 Å². The Kier molecular flexibility index (Phi) is 5.14. The highest BCUT2D eigenvalue weighted by Gasteiger charge is 2.29. The molecule has 0 aromatic heterocycles. The molecule has 4 atom stereocenters. The van der Waals surface area contributed by atoms with Gasteiger partial charge < -0.3 is 10.2 Å². The van der Waals surface area contributed by atoms with Crippen LogP contribution < -0.4 is 10.2 Å². The minimum Gasteiger partial charge on any atom is -0.368 e. The van der Waals surface area contributed by atoms with E-state index in [9.17, 15) is 0 Å². The normalized spacial score (nSPS) is 28.5. The first-order chi connectivity index (χ1) is 9.43. The van der Waals surface area contributed by atoms with Gasteiger partial charge in [-0.15, -0.1) is 0 Å². The molecule has 0 radical (unpaired) electrons. The van der Waals surface area contributed by atoms with Crippen molar-refractivity contribution in [1.29, 1.82) is 0 Å². The van der Waals surface area contributed by atoms with Gasteiger partial charge in [0, 0.05) is 28.8 Å². The van der Waals surface area contributed by atoms with E-state index in [1.54, 1.807) is 0 Å². The molecule has 20 heavy (non-hydrogen) atoms. The van der Waals surface area contributed by atoms with Crippen molar-refractivity contribution in [2.45, 2.75) is 46.2 Å². The van der Waals surface area contributed by atoms with Gasteiger partial charge in [-0.1, -0.05) is 35.8 Å². The Labute approximate surface area is 132 Å². The SMILES string of the molecule is CNC(C)c1ccc(N2CC(C)CC(C)C2C)cc1Br. The maximum atomic E-state index is 3.74. The first-order valence-electron chi connectivity index (χ1n) is 7.67. The largest absolute Gasteiger partial charge is 0.368 e. The van der Waals surface area contributed by atoms with E-state index in [1.165, 1.54) is 28.7 Å². The Morgan fingerprint density at radius 2 is 2.00 bits per heavy atom. The van der Waals surface area contributed by atoms with Crippen molar-refractivity contribution in [2.24, 2.45) is 11.8 Å². The van der Waals surface area contributed by atoms with Gasteiger partial charge >= 0.3 is 0 Å². The minimum atomic E-state index is 0.370. The van der Waals surface area contributed by atoms with E-state index in [2.05, 4.69) is 72.0 Å². The average molecular weight is 339 g/mol. The van der Waals surface area contributed by atoms with E-state index in [4.69, 9.17) is 0 Å². The van der Waals surface area contributed by atoms with Crippen molar-refractivity contribution >= 4 is 21.6 Å². The van der Waals surface area contributed by atoms with Gasteiger partial charge in [0.25, 0.3) is 0 Å². The lowest BCUT2D eigenvalue weighted by atomic mass is 9.85. The molecule has 1 aliphatic rings. The zero-order chi connectivity index (χ0) is 14.9. The Hall–Kier alpha value is -0.540. The number of hydrogen-bond acceptors (Lipinski definition) is 2. The molecule has 3 heteroatoms. The Balaban J connectivity index is 2.26. The lowest BCUT2D eigenvalue weighted by molar-refractivity contribution is 0.297. The van der Waals surface area contributed by atoms with Crippen molar-refractivity contribution in [1.82, 2.24) is 5.32 Å². The molecular formula is C17H27BrN2. The van der Waals surface area contributed by atoms with Crippen molar-refractivity contribution < 1.29 is 0 Å². The standard InChI is InChI=1S/C17H27BrN2/c1-11-8-12(2)14(4)20(10-11)15-6-7-16(13(3)19-5)17(18)9-15/h6-7,9,11-14,19H,8,10H2,1-5H3. The molecule has 2 rings (SSSR count). The van der Waals surface area contributed by atoms with Crippen LogP contribution in [-0.2, 0) is 0 Å². The van der Waals surface area contributed by atoms with Crippen molar-refractivity contribution in [2.75, 3.05) is 18.5 Å². The summed E-state index contributed by atoms with van der Waals surface area (Å²) in [6.07, 6.45) is 1.34. The number of piperidine rings is 1. The van der Waals surface area contributed by atoms with E-state index in [1.807, 2.05) is 7.05 Å². The number of hydrogen-bond donors (Lipinski definition) is 1. The molecule has 0 aliphatic carbocycles. The quantitative estimate of drug-likeness (QED) is 0.866. The highest BCUT2D eigenvalue weighted by molar-refractivity contribution is 9.10. The zero-order valence-corrected chi connectivity index (χ0v) is 14.9. The molecule has 1 aromatic rings. The molecule has 0 saturated carbocycles. The fourth-order valence-electron chi connectivity index (χ4n) is 3.26. The molecule has 1 heterocycles. The molecule has 112 valence electrons. The average Bonchev–Trinajstić information content (AvgIpc) is 2.41. The zero-order valence-electron chi connectivity index (χ0n) is 13.3. The van der Waals surface area contributed by atoms with E-state index in [0.717, 1.165) is 11.8 Å². The van der Waals surface area contributed by atoms with Gasteiger partial charge in [0.2, 0.25) is 0 Å². The van der Waals surface area contributed by atoms with Crippen LogP contribution in [0.25, 0.3) is 0 Å². The molecule has 1 aliphatic heterocycles. The number of rotatable bonds is 3. The minimum absolute atomic E-state index is 0.370. The van der Waals surface area contributed by atoms with Crippen LogP contribution in [0.1, 0.15) is 45.7 Å². The molecule has 0 spiro atoms. The monoisotopic (exact) mass is 338 g/mol. The lowest BCUT2D eigenvalue weighted by Gasteiger charge is -2.43. The highest BCUT2D eigenvalue weighted by Crippen LogP contribution is 2.34. The molecule has 1 fully saturated rings. The summed E-state index contributed by atoms with van der Waals surface area (Å²) >= 11 is 3.74. The van der Waals surface area contributed by atoms with Gasteiger partial charge in [-0.05, 0) is 56.8 Å². The van der Waals surface area contributed by atoms with Gasteiger partial charge in [0.05, 0.1) is 0 Å². The van der Waals surface area contributed by atoms with E-state index in [-0.39, 0.29) is 0 Å². The van der Waals surface area contributed by atoms with Crippen molar-refractivity contribution in [3.8, 4) is 0 Å². The molecule has 2 nitrogen and oxygen atoms in total. The van der Waals surface area contributed by atoms with Crippen LogP contribution in [0.5, 0.6) is 0 Å². The third-order valence-electron chi connectivity index (χ3n) is 4.81. The summed E-state index contributed by atoms with van der Waals surface area (Å²) in [4.78, 5) is 2.57. The van der Waals surface area contributed by atoms with E-state index >= 15 is 0 Å². The van der Waals surface area contributed by atoms with Crippen LogP contribution in [0.4, 0.5) is 5.69 Å². The number of anilines is 1. The molecule has 0 bridgehead atoms. The number of nitrogens with one attached hydrogen (secondary N) is 1. The summed E-state index contributed by atoms with van der Waals surface area (Å²) in [6.45, 7) is 10.4. The topological polar surface area (TPSA) is 15.3 Å². The van der Waals surface area contributed by atoms with Crippen LogP contribution in [0.15, 0.2) is 22.7 Å². The number of halogens is 1. The Morgan fingerprint density at radius 3 is 2.60 bits per heavy atom.